The molecule has 0 aliphatic carbocycles. The van der Waals surface area contributed by atoms with Gasteiger partial charge in [0.1, 0.15) is 11.7 Å². The van der Waals surface area contributed by atoms with Crippen molar-refractivity contribution in [1.82, 2.24) is 4.90 Å². The lowest BCUT2D eigenvalue weighted by molar-refractivity contribution is 0.0206. The molecule has 3 N–H and O–H groups in total. The smallest absolute Gasteiger partial charge is 0.410 e. The highest BCUT2D eigenvalue weighted by Crippen LogP contribution is 2.25. The van der Waals surface area contributed by atoms with Gasteiger partial charge in [-0.3, -0.25) is 0 Å². The first-order chi connectivity index (χ1) is 10.8. The number of benzene rings is 1. The molecule has 6 nitrogen and oxygen atoms in total. The lowest BCUT2D eigenvalue weighted by atomic mass is 10.0. The minimum atomic E-state index is -0.497. The number of carbonyl (C=O) groups excluding carboxylic acids is 1. The molecule has 0 saturated carbocycles. The highest BCUT2D eigenvalue weighted by atomic mass is 16.6. The number of nitrogens with one attached hydrogen (secondary N) is 1. The van der Waals surface area contributed by atoms with Crippen LogP contribution in [0.1, 0.15) is 39.2 Å². The Balaban J connectivity index is 2.02. The number of hydrogen-bond donors (Lipinski definition) is 2. The molecule has 6 heteroatoms. The number of anilines is 2. The predicted molar refractivity (Wildman–Crippen MR) is 90.0 cm³/mol. The molecule has 124 valence electrons. The Hall–Kier alpha value is -2.42. The summed E-state index contributed by atoms with van der Waals surface area (Å²) in [6.45, 7) is 6.84. The van der Waals surface area contributed by atoms with Gasteiger partial charge in [0, 0.05) is 19.1 Å². The van der Waals surface area contributed by atoms with Crippen LogP contribution in [-0.2, 0) is 4.74 Å². The Bertz CT molecular complexity index is 616. The second-order valence-corrected chi connectivity index (χ2v) is 6.79. The highest BCUT2D eigenvalue weighted by Gasteiger charge is 2.27. The molecule has 1 aliphatic heterocycles. The van der Waals surface area contributed by atoms with Crippen LogP contribution in [0.5, 0.6) is 0 Å². The van der Waals surface area contributed by atoms with Gasteiger partial charge in [-0.1, -0.05) is 6.07 Å². The van der Waals surface area contributed by atoms with Crippen molar-refractivity contribution in [3.05, 3.63) is 23.8 Å². The molecule has 1 aromatic carbocycles. The van der Waals surface area contributed by atoms with E-state index in [-0.39, 0.29) is 12.1 Å². The van der Waals surface area contributed by atoms with E-state index in [1.165, 1.54) is 0 Å². The van der Waals surface area contributed by atoms with Crippen molar-refractivity contribution in [2.24, 2.45) is 0 Å². The third kappa shape index (κ3) is 4.52. The van der Waals surface area contributed by atoms with Gasteiger partial charge in [0.15, 0.2) is 0 Å². The summed E-state index contributed by atoms with van der Waals surface area (Å²) in [6.07, 6.45) is 1.55. The molecular formula is C17H24N4O2. The van der Waals surface area contributed by atoms with E-state index in [2.05, 4.69) is 11.4 Å². The topological polar surface area (TPSA) is 91.4 Å². The van der Waals surface area contributed by atoms with Crippen molar-refractivity contribution < 1.29 is 9.53 Å². The van der Waals surface area contributed by atoms with Crippen molar-refractivity contribution in [2.45, 2.75) is 45.3 Å². The van der Waals surface area contributed by atoms with E-state index in [1.54, 1.807) is 17.0 Å². The third-order valence-electron chi connectivity index (χ3n) is 3.66. The number of rotatable bonds is 2. The number of likely N-dealkylation sites (tertiary alicyclic amines) is 1. The Morgan fingerprint density at radius 3 is 2.87 bits per heavy atom. The van der Waals surface area contributed by atoms with Crippen molar-refractivity contribution in [3.8, 4) is 6.07 Å². The maximum atomic E-state index is 12.2. The van der Waals surface area contributed by atoms with E-state index in [0.29, 0.717) is 24.3 Å². The lowest BCUT2D eigenvalue weighted by Crippen LogP contribution is -2.47. The normalized spacial score (nSPS) is 18.2. The second kappa shape index (κ2) is 6.78. The SMILES string of the molecule is CC(C)(C)OC(=O)N1CCCC(Nc2cccc(C#N)c2N)C1. The number of amides is 1. The zero-order valence-electron chi connectivity index (χ0n) is 13.9. The first-order valence-corrected chi connectivity index (χ1v) is 7.83. The third-order valence-corrected chi connectivity index (χ3v) is 3.66. The van der Waals surface area contributed by atoms with Crippen LogP contribution in [-0.4, -0.2) is 35.7 Å². The summed E-state index contributed by atoms with van der Waals surface area (Å²) in [4.78, 5) is 13.9. The number of nitriles is 1. The fourth-order valence-electron chi connectivity index (χ4n) is 2.60. The Kier molecular flexibility index (Phi) is 4.99. The molecule has 1 heterocycles. The molecule has 1 aliphatic rings. The van der Waals surface area contributed by atoms with Gasteiger partial charge in [0.2, 0.25) is 0 Å². The van der Waals surface area contributed by atoms with Gasteiger partial charge < -0.3 is 20.7 Å². The summed E-state index contributed by atoms with van der Waals surface area (Å²) in [5, 5.41) is 12.4. The monoisotopic (exact) mass is 316 g/mol. The van der Waals surface area contributed by atoms with Crippen molar-refractivity contribution in [2.75, 3.05) is 24.1 Å². The van der Waals surface area contributed by atoms with Crippen molar-refractivity contribution in [3.63, 3.8) is 0 Å². The summed E-state index contributed by atoms with van der Waals surface area (Å²) in [6, 6.07) is 7.50. The van der Waals surface area contributed by atoms with E-state index < -0.39 is 5.60 Å². The van der Waals surface area contributed by atoms with E-state index in [0.717, 1.165) is 18.5 Å². The van der Waals surface area contributed by atoms with Gasteiger partial charge in [-0.15, -0.1) is 0 Å². The number of para-hydroxylation sites is 1. The summed E-state index contributed by atoms with van der Waals surface area (Å²) in [5.41, 5.74) is 7.14. The quantitative estimate of drug-likeness (QED) is 0.818. The molecule has 0 bridgehead atoms. The van der Waals surface area contributed by atoms with Crippen LogP contribution in [0, 0.1) is 11.3 Å². The molecular weight excluding hydrogens is 292 g/mol. The van der Waals surface area contributed by atoms with Crippen LogP contribution < -0.4 is 11.1 Å². The zero-order chi connectivity index (χ0) is 17.0. The van der Waals surface area contributed by atoms with Crippen LogP contribution in [0.2, 0.25) is 0 Å². The Labute approximate surface area is 137 Å². The molecule has 1 aromatic rings. The largest absolute Gasteiger partial charge is 0.444 e. The van der Waals surface area contributed by atoms with E-state index in [9.17, 15) is 4.79 Å². The zero-order valence-corrected chi connectivity index (χ0v) is 13.9. The van der Waals surface area contributed by atoms with Gasteiger partial charge in [-0.2, -0.15) is 5.26 Å². The fourth-order valence-corrected chi connectivity index (χ4v) is 2.60. The van der Waals surface area contributed by atoms with Crippen molar-refractivity contribution in [1.29, 1.82) is 5.26 Å². The molecule has 0 spiro atoms. The highest BCUT2D eigenvalue weighted by molar-refractivity contribution is 5.73. The first-order valence-electron chi connectivity index (χ1n) is 7.83. The molecule has 23 heavy (non-hydrogen) atoms. The van der Waals surface area contributed by atoms with Crippen LogP contribution in [0.4, 0.5) is 16.2 Å². The average molecular weight is 316 g/mol. The van der Waals surface area contributed by atoms with Gasteiger partial charge in [0.05, 0.1) is 16.9 Å². The van der Waals surface area contributed by atoms with Gasteiger partial charge in [-0.05, 0) is 45.7 Å². The minimum Gasteiger partial charge on any atom is -0.444 e. The second-order valence-electron chi connectivity index (χ2n) is 6.79. The Morgan fingerprint density at radius 2 is 2.22 bits per heavy atom. The van der Waals surface area contributed by atoms with Crippen LogP contribution >= 0.6 is 0 Å². The number of nitrogens with two attached hydrogens (primary N) is 1. The van der Waals surface area contributed by atoms with Crippen LogP contribution in [0.25, 0.3) is 0 Å². The molecule has 1 amide bonds. The van der Waals surface area contributed by atoms with Crippen LogP contribution in [0.3, 0.4) is 0 Å². The summed E-state index contributed by atoms with van der Waals surface area (Å²) < 4.78 is 5.43. The average Bonchev–Trinajstić information content (AvgIpc) is 2.48. The Morgan fingerprint density at radius 1 is 1.48 bits per heavy atom. The molecule has 1 fully saturated rings. The van der Waals surface area contributed by atoms with Gasteiger partial charge in [0.25, 0.3) is 0 Å². The fraction of sp³-hybridized carbons (Fsp3) is 0.529. The maximum absolute atomic E-state index is 12.2. The number of piperidine rings is 1. The van der Waals surface area contributed by atoms with Crippen molar-refractivity contribution >= 4 is 17.5 Å². The standard InChI is InChI=1S/C17H24N4O2/c1-17(2,3)23-16(22)21-9-5-7-13(11-21)20-14-8-4-6-12(10-18)15(14)19/h4,6,8,13,20H,5,7,9,11,19H2,1-3H3. The number of carbonyl (C=O) groups is 1. The van der Waals surface area contributed by atoms with Gasteiger partial charge >= 0.3 is 6.09 Å². The van der Waals surface area contributed by atoms with Crippen LogP contribution in [0.15, 0.2) is 18.2 Å². The molecule has 0 aromatic heterocycles. The van der Waals surface area contributed by atoms with E-state index >= 15 is 0 Å². The van der Waals surface area contributed by atoms with Gasteiger partial charge in [-0.25, -0.2) is 4.79 Å². The van der Waals surface area contributed by atoms with E-state index in [4.69, 9.17) is 15.7 Å². The molecule has 1 saturated heterocycles. The number of nitrogens with zero attached hydrogens (tertiary/aromatic N) is 2. The molecule has 1 atom stereocenters. The summed E-state index contributed by atoms with van der Waals surface area (Å²) >= 11 is 0. The molecule has 0 radical (unpaired) electrons. The number of nitrogen functional groups attached to an aromatic ring is 1. The molecule has 1 unspecified atom stereocenters. The number of hydrogen-bond acceptors (Lipinski definition) is 5. The first kappa shape index (κ1) is 16.9. The maximum Gasteiger partial charge on any atom is 0.410 e. The summed E-state index contributed by atoms with van der Waals surface area (Å²) in [5.74, 6) is 0. The summed E-state index contributed by atoms with van der Waals surface area (Å²) in [7, 11) is 0. The predicted octanol–water partition coefficient (Wildman–Crippen LogP) is 2.95. The lowest BCUT2D eigenvalue weighted by Gasteiger charge is -2.35. The van der Waals surface area contributed by atoms with E-state index in [1.807, 2.05) is 26.8 Å². The minimum absolute atomic E-state index is 0.0903. The number of ether oxygens (including phenoxy) is 1. The molecule has 2 rings (SSSR count).